The van der Waals surface area contributed by atoms with E-state index in [9.17, 15) is 0 Å². The minimum Gasteiger partial charge on any atom is -0.468 e. The molecule has 1 rings (SSSR count). The van der Waals surface area contributed by atoms with E-state index in [0.29, 0.717) is 22.9 Å². The Hall–Kier alpha value is -1.26. The molecule has 0 saturated carbocycles. The van der Waals surface area contributed by atoms with Gasteiger partial charge in [0.1, 0.15) is 11.6 Å². The number of hydrogen-bond donors (Lipinski definition) is 2. The lowest BCUT2D eigenvalue weighted by Crippen LogP contribution is -2.11. The van der Waals surface area contributed by atoms with Gasteiger partial charge < -0.3 is 15.2 Å². The largest absolute Gasteiger partial charge is 0.468 e. The first kappa shape index (κ1) is 11.8. The fraction of sp³-hybridized carbons (Fsp3) is 0.300. The van der Waals surface area contributed by atoms with Crippen molar-refractivity contribution in [1.29, 1.82) is 5.41 Å². The van der Waals surface area contributed by atoms with Crippen molar-refractivity contribution in [2.24, 2.45) is 5.73 Å². The zero-order chi connectivity index (χ0) is 11.3. The number of benzene rings is 1. The number of amidine groups is 1. The summed E-state index contributed by atoms with van der Waals surface area (Å²) in [6.45, 7) is 2.67. The first-order valence-electron chi connectivity index (χ1n) is 4.49. The van der Waals surface area contributed by atoms with Crippen molar-refractivity contribution >= 4 is 17.4 Å². The summed E-state index contributed by atoms with van der Waals surface area (Å²) in [5, 5.41) is 7.64. The van der Waals surface area contributed by atoms with Gasteiger partial charge in [-0.1, -0.05) is 11.6 Å². The van der Waals surface area contributed by atoms with Crippen LogP contribution in [0.4, 0.5) is 0 Å². The zero-order valence-electron chi connectivity index (χ0n) is 8.42. The second-order valence-corrected chi connectivity index (χ2v) is 3.22. The lowest BCUT2D eigenvalue weighted by Gasteiger charge is -2.07. The summed E-state index contributed by atoms with van der Waals surface area (Å²) in [4.78, 5) is 0. The lowest BCUT2D eigenvalue weighted by molar-refractivity contribution is 0.0224. The third kappa shape index (κ3) is 3.42. The van der Waals surface area contributed by atoms with Crippen LogP contribution in [0.5, 0.6) is 5.75 Å². The maximum Gasteiger partial charge on any atom is 0.189 e. The van der Waals surface area contributed by atoms with E-state index >= 15 is 0 Å². The summed E-state index contributed by atoms with van der Waals surface area (Å²) in [6, 6.07) is 4.95. The fourth-order valence-electron chi connectivity index (χ4n) is 0.997. The second kappa shape index (κ2) is 5.58. The van der Waals surface area contributed by atoms with Gasteiger partial charge in [0.25, 0.3) is 0 Å². The van der Waals surface area contributed by atoms with Crippen LogP contribution >= 0.6 is 11.6 Å². The van der Waals surface area contributed by atoms with Crippen molar-refractivity contribution in [3.8, 4) is 5.75 Å². The normalized spacial score (nSPS) is 10.0. The SMILES string of the molecule is CCOCOc1ccc(C(=N)N)c(Cl)c1. The quantitative estimate of drug-likeness (QED) is 0.351. The Morgan fingerprint density at radius 2 is 2.27 bits per heavy atom. The minimum atomic E-state index is -0.0589. The predicted octanol–water partition coefficient (Wildman–Crippen LogP) is 2.00. The van der Waals surface area contributed by atoms with Crippen LogP contribution in [-0.2, 0) is 4.74 Å². The fourth-order valence-corrected chi connectivity index (χ4v) is 1.27. The van der Waals surface area contributed by atoms with Crippen LogP contribution in [0, 0.1) is 5.41 Å². The molecule has 0 bridgehead atoms. The molecule has 0 saturated heterocycles. The van der Waals surface area contributed by atoms with Crippen LogP contribution in [0.2, 0.25) is 5.02 Å². The van der Waals surface area contributed by atoms with Crippen molar-refractivity contribution in [2.45, 2.75) is 6.92 Å². The topological polar surface area (TPSA) is 68.3 Å². The molecule has 15 heavy (non-hydrogen) atoms. The van der Waals surface area contributed by atoms with E-state index in [2.05, 4.69) is 0 Å². The summed E-state index contributed by atoms with van der Waals surface area (Å²) in [7, 11) is 0. The Bertz CT molecular complexity index is 355. The molecule has 0 spiro atoms. The van der Waals surface area contributed by atoms with Crippen LogP contribution in [0.25, 0.3) is 0 Å². The standard InChI is InChI=1S/C10H13ClN2O2/c1-2-14-6-15-7-3-4-8(10(12)13)9(11)5-7/h3-5H,2,6H2,1H3,(H3,12,13). The minimum absolute atomic E-state index is 0.0589. The molecule has 0 amide bonds. The highest BCUT2D eigenvalue weighted by molar-refractivity contribution is 6.34. The van der Waals surface area contributed by atoms with Gasteiger partial charge in [-0.05, 0) is 25.1 Å². The van der Waals surface area contributed by atoms with Crippen molar-refractivity contribution in [3.63, 3.8) is 0 Å². The molecule has 4 nitrogen and oxygen atoms in total. The Morgan fingerprint density at radius 3 is 2.80 bits per heavy atom. The first-order valence-corrected chi connectivity index (χ1v) is 4.87. The molecule has 3 N–H and O–H groups in total. The van der Waals surface area contributed by atoms with Crippen molar-refractivity contribution in [3.05, 3.63) is 28.8 Å². The van der Waals surface area contributed by atoms with Crippen molar-refractivity contribution in [1.82, 2.24) is 0 Å². The Morgan fingerprint density at radius 1 is 1.53 bits per heavy atom. The number of ether oxygens (including phenoxy) is 2. The number of nitrogens with one attached hydrogen (secondary N) is 1. The van der Waals surface area contributed by atoms with E-state index in [1.807, 2.05) is 6.92 Å². The molecule has 0 aliphatic carbocycles. The third-order valence-corrected chi connectivity index (χ3v) is 2.06. The average Bonchev–Trinajstić information content (AvgIpc) is 2.17. The van der Waals surface area contributed by atoms with E-state index in [4.69, 9.17) is 32.2 Å². The molecule has 5 heteroatoms. The van der Waals surface area contributed by atoms with Crippen LogP contribution < -0.4 is 10.5 Å². The predicted molar refractivity (Wildman–Crippen MR) is 59.6 cm³/mol. The first-order chi connectivity index (χ1) is 7.15. The summed E-state index contributed by atoms with van der Waals surface area (Å²) in [5.41, 5.74) is 5.82. The van der Waals surface area contributed by atoms with Gasteiger partial charge in [-0.15, -0.1) is 0 Å². The third-order valence-electron chi connectivity index (χ3n) is 1.74. The van der Waals surface area contributed by atoms with E-state index in [0.717, 1.165) is 0 Å². The molecule has 0 aliphatic heterocycles. The van der Waals surface area contributed by atoms with E-state index in [1.165, 1.54) is 0 Å². The van der Waals surface area contributed by atoms with Gasteiger partial charge in [0.05, 0.1) is 5.02 Å². The monoisotopic (exact) mass is 228 g/mol. The molecule has 0 aliphatic rings. The van der Waals surface area contributed by atoms with Crippen LogP contribution in [-0.4, -0.2) is 19.2 Å². The average molecular weight is 229 g/mol. The second-order valence-electron chi connectivity index (χ2n) is 2.81. The van der Waals surface area contributed by atoms with Crippen molar-refractivity contribution < 1.29 is 9.47 Å². The van der Waals surface area contributed by atoms with Crippen LogP contribution in [0.1, 0.15) is 12.5 Å². The van der Waals surface area contributed by atoms with Gasteiger partial charge in [-0.25, -0.2) is 0 Å². The Labute approximate surface area is 93.4 Å². The molecule has 0 unspecified atom stereocenters. The molecule has 0 fully saturated rings. The highest BCUT2D eigenvalue weighted by atomic mass is 35.5. The molecule has 82 valence electrons. The van der Waals surface area contributed by atoms with Crippen LogP contribution in [0.3, 0.4) is 0 Å². The maximum atomic E-state index is 7.24. The number of hydrogen-bond acceptors (Lipinski definition) is 3. The van der Waals surface area contributed by atoms with Gasteiger partial charge in [-0.3, -0.25) is 5.41 Å². The molecule has 1 aromatic rings. The Balaban J connectivity index is 2.69. The van der Waals surface area contributed by atoms with Crippen LogP contribution in [0.15, 0.2) is 18.2 Å². The molecular formula is C10H13ClN2O2. The molecule has 0 aromatic heterocycles. The van der Waals surface area contributed by atoms with E-state index < -0.39 is 0 Å². The van der Waals surface area contributed by atoms with E-state index in [1.54, 1.807) is 18.2 Å². The van der Waals surface area contributed by atoms with Gasteiger partial charge in [-0.2, -0.15) is 0 Å². The maximum absolute atomic E-state index is 7.24. The highest BCUT2D eigenvalue weighted by Crippen LogP contribution is 2.22. The van der Waals surface area contributed by atoms with Gasteiger partial charge in [0.15, 0.2) is 6.79 Å². The number of nitrogen functional groups attached to an aromatic ring is 1. The molecule has 0 heterocycles. The molecule has 0 radical (unpaired) electrons. The van der Waals surface area contributed by atoms with Crippen molar-refractivity contribution in [2.75, 3.05) is 13.4 Å². The smallest absolute Gasteiger partial charge is 0.189 e. The summed E-state index contributed by atoms with van der Waals surface area (Å²) in [6.07, 6.45) is 0. The van der Waals surface area contributed by atoms with E-state index in [-0.39, 0.29) is 12.6 Å². The molecule has 0 atom stereocenters. The summed E-state index contributed by atoms with van der Waals surface area (Å²) in [5.74, 6) is 0.537. The number of nitrogens with two attached hydrogens (primary N) is 1. The molecule has 1 aromatic carbocycles. The highest BCUT2D eigenvalue weighted by Gasteiger charge is 2.04. The summed E-state index contributed by atoms with van der Waals surface area (Å²) >= 11 is 5.90. The number of rotatable bonds is 5. The molecular weight excluding hydrogens is 216 g/mol. The number of halogens is 1. The lowest BCUT2D eigenvalue weighted by atomic mass is 10.2. The van der Waals surface area contributed by atoms with Gasteiger partial charge >= 0.3 is 0 Å². The Kier molecular flexibility index (Phi) is 4.39. The summed E-state index contributed by atoms with van der Waals surface area (Å²) < 4.78 is 10.3. The van der Waals surface area contributed by atoms with Gasteiger partial charge in [0.2, 0.25) is 0 Å². The zero-order valence-corrected chi connectivity index (χ0v) is 9.17. The van der Waals surface area contributed by atoms with Gasteiger partial charge in [0, 0.05) is 12.2 Å².